The number of likely N-dealkylation sites (tertiary alicyclic amines) is 1. The summed E-state index contributed by atoms with van der Waals surface area (Å²) in [6.45, 7) is 7.55. The van der Waals surface area contributed by atoms with Crippen molar-refractivity contribution < 1.29 is 4.79 Å². The smallest absolute Gasteiger partial charge is 0.274 e. The van der Waals surface area contributed by atoms with Gasteiger partial charge in [-0.05, 0) is 54.2 Å². The molecule has 1 fully saturated rings. The van der Waals surface area contributed by atoms with Gasteiger partial charge in [0, 0.05) is 35.4 Å². The monoisotopic (exact) mass is 412 g/mol. The third-order valence-corrected chi connectivity index (χ3v) is 5.56. The average molecular weight is 413 g/mol. The molecule has 3 N–H and O–H groups in total. The number of carbonyl (C=O) groups is 1. The largest absolute Gasteiger partial charge is 0.402 e. The molecule has 1 saturated heterocycles. The maximum absolute atomic E-state index is 12.8. The van der Waals surface area contributed by atoms with Crippen LogP contribution in [0, 0.1) is 5.92 Å². The molecule has 154 valence electrons. The lowest BCUT2D eigenvalue weighted by molar-refractivity contribution is 0.0783. The van der Waals surface area contributed by atoms with Gasteiger partial charge in [0.2, 0.25) is 0 Å². The van der Waals surface area contributed by atoms with Crippen molar-refractivity contribution in [3.63, 3.8) is 0 Å². The van der Waals surface area contributed by atoms with Gasteiger partial charge in [-0.2, -0.15) is 5.10 Å². The van der Waals surface area contributed by atoms with Crippen molar-refractivity contribution in [2.75, 3.05) is 13.1 Å². The minimum atomic E-state index is -0.0366. The van der Waals surface area contributed by atoms with Crippen LogP contribution in [0.4, 0.5) is 0 Å². The number of nitrogens with two attached hydrogens (primary N) is 1. The normalized spacial score (nSPS) is 18.0. The van der Waals surface area contributed by atoms with Crippen LogP contribution in [0.2, 0.25) is 5.02 Å². The van der Waals surface area contributed by atoms with Crippen LogP contribution in [-0.2, 0) is 0 Å². The number of nitrogens with one attached hydrogen (secondary N) is 1. The third kappa shape index (κ3) is 5.10. The van der Waals surface area contributed by atoms with E-state index in [1.807, 2.05) is 41.3 Å². The number of nitrogens with zero attached hydrogens (tertiary/aromatic N) is 2. The van der Waals surface area contributed by atoms with Crippen molar-refractivity contribution in [2.24, 2.45) is 11.7 Å². The Morgan fingerprint density at radius 1 is 1.38 bits per heavy atom. The SMILES string of the molecule is CC/C=C(\C=C(/N)C1CCN(C(=O)c2cc(C(C)C)[nH]n2)C1)c1ccc(Cl)cc1. The number of benzene rings is 1. The number of amides is 1. The number of rotatable bonds is 6. The Kier molecular flexibility index (Phi) is 6.80. The zero-order chi connectivity index (χ0) is 21.0. The van der Waals surface area contributed by atoms with Gasteiger partial charge in [0.1, 0.15) is 5.69 Å². The topological polar surface area (TPSA) is 75.0 Å². The van der Waals surface area contributed by atoms with Gasteiger partial charge in [-0.15, -0.1) is 0 Å². The molecule has 2 heterocycles. The van der Waals surface area contributed by atoms with Crippen LogP contribution >= 0.6 is 11.6 Å². The predicted octanol–water partition coefficient (Wildman–Crippen LogP) is 4.98. The molecule has 5 nitrogen and oxygen atoms in total. The number of aromatic amines is 1. The van der Waals surface area contributed by atoms with Gasteiger partial charge < -0.3 is 10.6 Å². The van der Waals surface area contributed by atoms with Gasteiger partial charge in [-0.1, -0.05) is 50.6 Å². The first kappa shape index (κ1) is 21.2. The molecule has 1 aromatic heterocycles. The highest BCUT2D eigenvalue weighted by molar-refractivity contribution is 6.30. The standard InChI is InChI=1S/C23H29ClN4O/c1-4-5-17(16-6-8-19(24)9-7-16)12-20(25)18-10-11-28(14-18)23(29)22-13-21(15(2)3)26-27-22/h5-9,12-13,15,18H,4,10-11,14,25H2,1-3H3,(H,26,27)/b17-5+,20-12-. The van der Waals surface area contributed by atoms with Crippen LogP contribution in [0.15, 0.2) is 48.2 Å². The molecular weight excluding hydrogens is 384 g/mol. The lowest BCUT2D eigenvalue weighted by Gasteiger charge is -2.16. The van der Waals surface area contributed by atoms with Gasteiger partial charge in [0.15, 0.2) is 0 Å². The molecule has 6 heteroatoms. The van der Waals surface area contributed by atoms with Crippen LogP contribution in [0.3, 0.4) is 0 Å². The fourth-order valence-corrected chi connectivity index (χ4v) is 3.67. The third-order valence-electron chi connectivity index (χ3n) is 5.31. The number of H-pyrrole nitrogens is 1. The summed E-state index contributed by atoms with van der Waals surface area (Å²) in [5.74, 6) is 0.422. The molecule has 1 aliphatic rings. The van der Waals surface area contributed by atoms with E-state index in [4.69, 9.17) is 17.3 Å². The number of hydrogen-bond acceptors (Lipinski definition) is 3. The Hall–Kier alpha value is -2.53. The number of aromatic nitrogens is 2. The van der Waals surface area contributed by atoms with Crippen LogP contribution in [0.5, 0.6) is 0 Å². The highest BCUT2D eigenvalue weighted by Crippen LogP contribution is 2.27. The lowest BCUT2D eigenvalue weighted by Crippen LogP contribution is -2.29. The van der Waals surface area contributed by atoms with Crippen LogP contribution in [-0.4, -0.2) is 34.1 Å². The maximum Gasteiger partial charge on any atom is 0.274 e. The second kappa shape index (κ2) is 9.31. The van der Waals surface area contributed by atoms with Crippen molar-refractivity contribution in [2.45, 2.75) is 39.5 Å². The van der Waals surface area contributed by atoms with E-state index in [1.165, 1.54) is 0 Å². The average Bonchev–Trinajstić information content (AvgIpc) is 3.38. The van der Waals surface area contributed by atoms with Crippen molar-refractivity contribution in [1.82, 2.24) is 15.1 Å². The Bertz CT molecular complexity index is 911. The van der Waals surface area contributed by atoms with E-state index in [0.717, 1.165) is 35.4 Å². The van der Waals surface area contributed by atoms with E-state index in [2.05, 4.69) is 37.0 Å². The first-order valence-corrected chi connectivity index (χ1v) is 10.5. The summed E-state index contributed by atoms with van der Waals surface area (Å²) in [5.41, 5.74) is 10.9. The first-order valence-electron chi connectivity index (χ1n) is 10.2. The van der Waals surface area contributed by atoms with Gasteiger partial charge >= 0.3 is 0 Å². The van der Waals surface area contributed by atoms with E-state index < -0.39 is 0 Å². The fraction of sp³-hybridized carbons (Fsp3) is 0.391. The summed E-state index contributed by atoms with van der Waals surface area (Å²) in [6, 6.07) is 9.62. The highest BCUT2D eigenvalue weighted by Gasteiger charge is 2.29. The summed E-state index contributed by atoms with van der Waals surface area (Å²) in [4.78, 5) is 14.6. The van der Waals surface area contributed by atoms with E-state index in [9.17, 15) is 4.79 Å². The molecule has 0 saturated carbocycles. The van der Waals surface area contributed by atoms with Crippen LogP contribution in [0.25, 0.3) is 5.57 Å². The molecular formula is C23H29ClN4O. The lowest BCUT2D eigenvalue weighted by atomic mass is 9.98. The first-order chi connectivity index (χ1) is 13.9. The molecule has 1 unspecified atom stereocenters. The predicted molar refractivity (Wildman–Crippen MR) is 119 cm³/mol. The minimum absolute atomic E-state index is 0.0366. The number of halogens is 1. The summed E-state index contributed by atoms with van der Waals surface area (Å²) in [6.07, 6.45) is 5.96. The van der Waals surface area contributed by atoms with Gasteiger partial charge in [0.25, 0.3) is 5.91 Å². The molecule has 0 spiro atoms. The number of carbonyl (C=O) groups excluding carboxylic acids is 1. The van der Waals surface area contributed by atoms with Gasteiger partial charge in [-0.3, -0.25) is 9.89 Å². The Morgan fingerprint density at radius 3 is 2.72 bits per heavy atom. The molecule has 1 aromatic carbocycles. The van der Waals surface area contributed by atoms with Crippen LogP contribution in [0.1, 0.15) is 61.3 Å². The van der Waals surface area contributed by atoms with Gasteiger partial charge in [-0.25, -0.2) is 0 Å². The molecule has 1 amide bonds. The van der Waals surface area contributed by atoms with Crippen molar-refractivity contribution >= 4 is 23.1 Å². The molecule has 0 aliphatic carbocycles. The molecule has 3 rings (SSSR count). The molecule has 29 heavy (non-hydrogen) atoms. The Labute approximate surface area is 177 Å². The summed E-state index contributed by atoms with van der Waals surface area (Å²) in [5, 5.41) is 7.86. The zero-order valence-electron chi connectivity index (χ0n) is 17.3. The van der Waals surface area contributed by atoms with Crippen molar-refractivity contribution in [1.29, 1.82) is 0 Å². The number of hydrogen-bond donors (Lipinski definition) is 2. The molecule has 0 bridgehead atoms. The number of allylic oxidation sites excluding steroid dienone is 3. The Balaban J connectivity index is 1.71. The van der Waals surface area contributed by atoms with Crippen LogP contribution < -0.4 is 5.73 Å². The minimum Gasteiger partial charge on any atom is -0.402 e. The quantitative estimate of drug-likeness (QED) is 0.656. The highest BCUT2D eigenvalue weighted by atomic mass is 35.5. The molecule has 0 radical (unpaired) electrons. The summed E-state index contributed by atoms with van der Waals surface area (Å²) >= 11 is 6.01. The van der Waals surface area contributed by atoms with Gasteiger partial charge in [0.05, 0.1) is 0 Å². The molecule has 1 atom stereocenters. The maximum atomic E-state index is 12.8. The van der Waals surface area contributed by atoms with E-state index >= 15 is 0 Å². The van der Waals surface area contributed by atoms with E-state index in [-0.39, 0.29) is 11.8 Å². The second-order valence-corrected chi connectivity index (χ2v) is 8.26. The van der Waals surface area contributed by atoms with E-state index in [1.54, 1.807) is 0 Å². The fourth-order valence-electron chi connectivity index (χ4n) is 3.54. The van der Waals surface area contributed by atoms with Crippen molar-refractivity contribution in [3.05, 3.63) is 70.2 Å². The Morgan fingerprint density at radius 2 is 2.10 bits per heavy atom. The van der Waals surface area contributed by atoms with E-state index in [0.29, 0.717) is 29.7 Å². The zero-order valence-corrected chi connectivity index (χ0v) is 18.0. The second-order valence-electron chi connectivity index (χ2n) is 7.82. The summed E-state index contributed by atoms with van der Waals surface area (Å²) in [7, 11) is 0. The van der Waals surface area contributed by atoms with Crippen molar-refractivity contribution in [3.8, 4) is 0 Å². The molecule has 1 aliphatic heterocycles. The summed E-state index contributed by atoms with van der Waals surface area (Å²) < 4.78 is 0. The molecule has 2 aromatic rings.